The summed E-state index contributed by atoms with van der Waals surface area (Å²) in [6, 6.07) is 4.91. The average Bonchev–Trinajstić information content (AvgIpc) is 2.73. The van der Waals surface area contributed by atoms with Crippen molar-refractivity contribution in [2.75, 3.05) is 27.6 Å². The molecule has 2 N–H and O–H groups in total. The van der Waals surface area contributed by atoms with Gasteiger partial charge in [-0.25, -0.2) is 13.1 Å². The molecule has 1 aromatic heterocycles. The van der Waals surface area contributed by atoms with Crippen LogP contribution < -0.4 is 4.72 Å². The first-order chi connectivity index (χ1) is 10.9. The van der Waals surface area contributed by atoms with Crippen LogP contribution in [-0.4, -0.2) is 45.9 Å². The molecule has 0 saturated heterocycles. The Bertz CT molecular complexity index is 847. The van der Waals surface area contributed by atoms with Crippen molar-refractivity contribution in [3.05, 3.63) is 35.5 Å². The van der Waals surface area contributed by atoms with Gasteiger partial charge in [0.1, 0.15) is 1.41 Å². The largest absolute Gasteiger partial charge is 0.361 e. The highest BCUT2D eigenvalue weighted by molar-refractivity contribution is 7.88. The molecule has 1 heterocycles. The molecular weight excluding hydrogens is 274 g/mol. The molecule has 0 bridgehead atoms. The molecule has 0 aliphatic heterocycles. The van der Waals surface area contributed by atoms with Crippen LogP contribution in [0.15, 0.2) is 24.4 Å². The second kappa shape index (κ2) is 5.95. The summed E-state index contributed by atoms with van der Waals surface area (Å²) in [6.45, 7) is -1.59. The molecule has 0 amide bonds. The molecule has 5 nitrogen and oxygen atoms in total. The van der Waals surface area contributed by atoms with Crippen LogP contribution in [0.25, 0.3) is 10.9 Å². The number of rotatable bonds is 6. The van der Waals surface area contributed by atoms with E-state index in [1.807, 2.05) is 0 Å². The van der Waals surface area contributed by atoms with Crippen molar-refractivity contribution in [1.82, 2.24) is 14.6 Å². The highest BCUT2D eigenvalue weighted by Crippen LogP contribution is 2.21. The predicted molar refractivity (Wildman–Crippen MR) is 82.2 cm³/mol. The summed E-state index contributed by atoms with van der Waals surface area (Å²) in [4.78, 5) is 2.62. The van der Waals surface area contributed by atoms with Gasteiger partial charge < -0.3 is 9.88 Å². The zero-order valence-corrected chi connectivity index (χ0v) is 12.6. The highest BCUT2D eigenvalue weighted by Gasteiger charge is 2.11. The second-order valence-electron chi connectivity index (χ2n) is 4.77. The molecule has 0 radical (unpaired) electrons. The molecule has 0 saturated carbocycles. The van der Waals surface area contributed by atoms with Crippen molar-refractivity contribution >= 4 is 20.9 Å². The van der Waals surface area contributed by atoms with Gasteiger partial charge in [-0.1, -0.05) is 6.07 Å². The summed E-state index contributed by atoms with van der Waals surface area (Å²) in [5, 5.41) is 0.649. The van der Waals surface area contributed by atoms with E-state index in [4.69, 9.17) is 5.57 Å². The lowest BCUT2D eigenvalue weighted by molar-refractivity contribution is 0.414. The van der Waals surface area contributed by atoms with E-state index in [-0.39, 0.29) is 12.2 Å². The van der Waals surface area contributed by atoms with Gasteiger partial charge in [0.25, 0.3) is 0 Å². The summed E-state index contributed by atoms with van der Waals surface area (Å²) < 4.78 is 55.5. The standard InChI is InChI=1S/C14H21N3O2S/c1-15-20(18,19)10-11-4-5-14-13(8-11)12(9-16-14)6-7-17(2)3/h4-5,8-9,15-16H,6-7,10H2,1-3H3/i7D2/hD2. The van der Waals surface area contributed by atoms with E-state index < -0.39 is 16.5 Å². The minimum absolute atomic E-state index is 0.0803. The smallest absolute Gasteiger partial charge is 0.215 e. The number of hydrogen-bond donors (Lipinski definition) is 2. The summed E-state index contributed by atoms with van der Waals surface area (Å²) in [6.07, 6.45) is 1.62. The van der Waals surface area contributed by atoms with E-state index >= 15 is 0 Å². The number of sulfonamides is 1. The number of fused-ring (bicyclic) bond motifs is 1. The molecular formula is C14H21N3O2S. The van der Waals surface area contributed by atoms with Crippen LogP contribution >= 0.6 is 0 Å². The van der Waals surface area contributed by atoms with Crippen LogP contribution in [0, 0.1) is 0 Å². The average molecular weight is 299 g/mol. The Morgan fingerprint density at radius 1 is 1.50 bits per heavy atom. The Balaban J connectivity index is 2.46. The third kappa shape index (κ3) is 3.59. The van der Waals surface area contributed by atoms with Gasteiger partial charge >= 0.3 is 0 Å². The van der Waals surface area contributed by atoms with Gasteiger partial charge in [-0.05, 0) is 50.8 Å². The van der Waals surface area contributed by atoms with Crippen molar-refractivity contribution in [3.63, 3.8) is 0 Å². The maximum absolute atomic E-state index is 11.9. The highest BCUT2D eigenvalue weighted by atomic mass is 32.2. The SMILES string of the molecule is [2H]N(C)S(=O)(=O)Cc1ccc2c(c1)c(CC([2H])([2H])N(C)C)cn2[2H]. The second-order valence-corrected chi connectivity index (χ2v) is 6.59. The van der Waals surface area contributed by atoms with Crippen molar-refractivity contribution in [3.8, 4) is 0 Å². The number of aryl methyl sites for hydroxylation is 1. The van der Waals surface area contributed by atoms with Crippen LogP contribution in [0.1, 0.15) is 13.9 Å². The molecule has 0 atom stereocenters. The fraction of sp³-hybridized carbons (Fsp3) is 0.429. The zero-order chi connectivity index (χ0) is 18.3. The van der Waals surface area contributed by atoms with Gasteiger partial charge in [-0.15, -0.1) is 0 Å². The van der Waals surface area contributed by atoms with E-state index in [2.05, 4.69) is 0 Å². The summed E-state index contributed by atoms with van der Waals surface area (Å²) >= 11 is 0. The molecule has 0 unspecified atom stereocenters. The van der Waals surface area contributed by atoms with Crippen molar-refractivity contribution in [1.29, 1.82) is 0 Å². The topological polar surface area (TPSA) is 65.2 Å². The van der Waals surface area contributed by atoms with E-state index in [1.165, 1.54) is 4.90 Å². The Hall–Kier alpha value is -1.37. The van der Waals surface area contributed by atoms with Gasteiger partial charge in [0.15, 0.2) is 1.41 Å². The maximum atomic E-state index is 11.9. The number of aromatic amines is 1. The molecule has 6 heteroatoms. The van der Waals surface area contributed by atoms with Crippen molar-refractivity contribution < 1.29 is 14.0 Å². The number of benzene rings is 1. The molecule has 20 heavy (non-hydrogen) atoms. The fourth-order valence-corrected chi connectivity index (χ4v) is 2.65. The molecule has 0 spiro atoms. The maximum Gasteiger partial charge on any atom is 0.215 e. The van der Waals surface area contributed by atoms with Gasteiger partial charge in [-0.2, -0.15) is 0 Å². The first kappa shape index (κ1) is 10.4. The molecule has 0 aliphatic rings. The molecule has 0 fully saturated rings. The van der Waals surface area contributed by atoms with Crippen LogP contribution in [0.2, 0.25) is 2.82 Å². The lowest BCUT2D eigenvalue weighted by Crippen LogP contribution is -2.20. The molecule has 2 rings (SSSR count). The predicted octanol–water partition coefficient (Wildman–Crippen LogP) is 1.32. The normalized spacial score (nSPS) is 16.2. The van der Waals surface area contributed by atoms with E-state index in [9.17, 15) is 8.42 Å². The van der Waals surface area contributed by atoms with Crippen LogP contribution in [-0.2, 0) is 22.2 Å². The summed E-state index contributed by atoms with van der Waals surface area (Å²) in [7, 11) is 0.729. The van der Waals surface area contributed by atoms with E-state index in [1.54, 1.807) is 38.5 Å². The monoisotopic (exact) mass is 299 g/mol. The van der Waals surface area contributed by atoms with E-state index in [0.29, 0.717) is 26.7 Å². The lowest BCUT2D eigenvalue weighted by Gasteiger charge is -2.08. The Labute approximate surface area is 125 Å². The zero-order valence-electron chi connectivity index (χ0n) is 15.8. The van der Waals surface area contributed by atoms with Crippen LogP contribution in [0.4, 0.5) is 0 Å². The molecule has 2 aromatic rings. The molecule has 0 aliphatic carbocycles. The first-order valence-electron chi connectivity index (χ1n) is 8.08. The van der Waals surface area contributed by atoms with Crippen LogP contribution in [0.5, 0.6) is 0 Å². The van der Waals surface area contributed by atoms with E-state index in [0.717, 1.165) is 12.0 Å². The molecule has 110 valence electrons. The quantitative estimate of drug-likeness (QED) is 0.845. The van der Waals surface area contributed by atoms with Crippen LogP contribution in [0.3, 0.4) is 0 Å². The van der Waals surface area contributed by atoms with Gasteiger partial charge in [-0.3, -0.25) is 0 Å². The number of likely N-dealkylation sites (N-methyl/N-ethyl adjacent to an activating group) is 1. The molecule has 1 aromatic carbocycles. The third-order valence-corrected chi connectivity index (χ3v) is 4.23. The Kier molecular flexibility index (Phi) is 3.08. The summed E-state index contributed by atoms with van der Waals surface area (Å²) in [5.41, 5.74) is 1.72. The van der Waals surface area contributed by atoms with Crippen molar-refractivity contribution in [2.24, 2.45) is 0 Å². The number of nitrogens with zero attached hydrogens (tertiary/aromatic N) is 1. The van der Waals surface area contributed by atoms with Crippen molar-refractivity contribution in [2.45, 2.75) is 12.2 Å². The fourth-order valence-electron chi connectivity index (χ4n) is 1.92. The number of nitrogens with one attached hydrogen (secondary N) is 2. The third-order valence-electron chi connectivity index (χ3n) is 2.98. The Morgan fingerprint density at radius 2 is 2.25 bits per heavy atom. The number of H-pyrrole nitrogens is 1. The van der Waals surface area contributed by atoms with Gasteiger partial charge in [0, 0.05) is 26.3 Å². The minimum atomic E-state index is -3.71. The lowest BCUT2D eigenvalue weighted by atomic mass is 10.1. The number of hydrogen-bond acceptors (Lipinski definition) is 3. The van der Waals surface area contributed by atoms with Gasteiger partial charge in [0.05, 0.1) is 5.75 Å². The summed E-state index contributed by atoms with van der Waals surface area (Å²) in [5.74, 6) is -0.313. The van der Waals surface area contributed by atoms with Gasteiger partial charge in [0.2, 0.25) is 10.0 Å². The number of aromatic nitrogens is 1. The Morgan fingerprint density at radius 3 is 2.90 bits per heavy atom. The first-order valence-corrected chi connectivity index (χ1v) is 7.80. The minimum Gasteiger partial charge on any atom is -0.361 e.